The number of hydrogen-bond donors (Lipinski definition) is 1. The van der Waals surface area contributed by atoms with Gasteiger partial charge in [-0.2, -0.15) is 0 Å². The molecule has 0 spiro atoms. The Balaban J connectivity index is 2.06. The van der Waals surface area contributed by atoms with Gasteiger partial charge in [-0.25, -0.2) is 13.2 Å². The Kier molecular flexibility index (Phi) is 5.51. The lowest BCUT2D eigenvalue weighted by Gasteiger charge is -2.22. The van der Waals surface area contributed by atoms with Gasteiger partial charge < -0.3 is 10.2 Å². The van der Waals surface area contributed by atoms with E-state index in [9.17, 15) is 22.8 Å². The number of aromatic nitrogens is 1. The first-order valence-electron chi connectivity index (χ1n) is 7.01. The molecule has 0 radical (unpaired) electrons. The summed E-state index contributed by atoms with van der Waals surface area (Å²) in [5.41, 5.74) is -0.0668. The van der Waals surface area contributed by atoms with E-state index in [1.165, 1.54) is 12.4 Å². The maximum atomic E-state index is 13.8. The number of carbonyl (C=O) groups is 2. The largest absolute Gasteiger partial charge is 0.350 e. The van der Waals surface area contributed by atoms with Gasteiger partial charge in [0.1, 0.15) is 0 Å². The second kappa shape index (κ2) is 7.58. The molecule has 2 rings (SSSR count). The molecule has 1 heterocycles. The van der Waals surface area contributed by atoms with Crippen molar-refractivity contribution in [3.05, 3.63) is 59.7 Å². The number of pyridine rings is 1. The van der Waals surface area contributed by atoms with E-state index in [0.717, 1.165) is 24.0 Å². The van der Waals surface area contributed by atoms with Gasteiger partial charge in [0.2, 0.25) is 5.91 Å². The monoisotopic (exact) mass is 337 g/mol. The minimum Gasteiger partial charge on any atom is -0.350 e. The van der Waals surface area contributed by atoms with Crippen LogP contribution in [-0.2, 0) is 4.79 Å². The molecule has 0 unspecified atom stereocenters. The summed E-state index contributed by atoms with van der Waals surface area (Å²) in [6.45, 7) is 1.04. The number of nitrogens with zero attached hydrogens (tertiary/aromatic N) is 2. The SMILES string of the molecule is CC(=O)N(CCNC(=O)c1cccnc1)c1ccc(F)c(F)c1F. The highest BCUT2D eigenvalue weighted by Crippen LogP contribution is 2.23. The van der Waals surface area contributed by atoms with Crippen molar-refractivity contribution >= 4 is 17.5 Å². The molecule has 8 heteroatoms. The van der Waals surface area contributed by atoms with Crippen LogP contribution in [0.4, 0.5) is 18.9 Å². The van der Waals surface area contributed by atoms with Gasteiger partial charge in [0.05, 0.1) is 11.3 Å². The van der Waals surface area contributed by atoms with Crippen molar-refractivity contribution in [1.82, 2.24) is 10.3 Å². The van der Waals surface area contributed by atoms with E-state index in [1.54, 1.807) is 12.1 Å². The summed E-state index contributed by atoms with van der Waals surface area (Å²) in [4.78, 5) is 28.2. The average Bonchev–Trinajstić information content (AvgIpc) is 2.58. The number of rotatable bonds is 5. The molecule has 0 aliphatic heterocycles. The van der Waals surface area contributed by atoms with Gasteiger partial charge in [0.25, 0.3) is 5.91 Å². The van der Waals surface area contributed by atoms with Gasteiger partial charge in [0.15, 0.2) is 17.5 Å². The highest BCUT2D eigenvalue weighted by molar-refractivity contribution is 5.94. The fraction of sp³-hybridized carbons (Fsp3) is 0.188. The second-order valence-electron chi connectivity index (χ2n) is 4.86. The topological polar surface area (TPSA) is 62.3 Å². The van der Waals surface area contributed by atoms with Crippen molar-refractivity contribution in [3.63, 3.8) is 0 Å². The van der Waals surface area contributed by atoms with Crippen LogP contribution in [0.25, 0.3) is 0 Å². The van der Waals surface area contributed by atoms with Crippen molar-refractivity contribution in [2.75, 3.05) is 18.0 Å². The fourth-order valence-corrected chi connectivity index (χ4v) is 2.05. The van der Waals surface area contributed by atoms with Crippen molar-refractivity contribution in [2.24, 2.45) is 0 Å². The smallest absolute Gasteiger partial charge is 0.252 e. The van der Waals surface area contributed by atoms with Crippen LogP contribution in [0, 0.1) is 17.5 Å². The predicted molar refractivity (Wildman–Crippen MR) is 80.9 cm³/mol. The molecule has 2 amide bonds. The Hall–Kier alpha value is -2.90. The lowest BCUT2D eigenvalue weighted by atomic mass is 10.2. The Morgan fingerprint density at radius 2 is 1.92 bits per heavy atom. The molecule has 24 heavy (non-hydrogen) atoms. The molecule has 0 atom stereocenters. The number of anilines is 1. The quantitative estimate of drug-likeness (QED) is 0.852. The Bertz CT molecular complexity index is 754. The minimum atomic E-state index is -1.65. The minimum absolute atomic E-state index is 0.00819. The molecule has 5 nitrogen and oxygen atoms in total. The highest BCUT2D eigenvalue weighted by atomic mass is 19.2. The summed E-state index contributed by atoms with van der Waals surface area (Å²) in [6.07, 6.45) is 2.88. The van der Waals surface area contributed by atoms with E-state index in [2.05, 4.69) is 10.3 Å². The third kappa shape index (κ3) is 3.89. The molecular formula is C16H14F3N3O2. The molecule has 1 aromatic carbocycles. The maximum absolute atomic E-state index is 13.8. The molecular weight excluding hydrogens is 323 g/mol. The Labute approximate surface area is 136 Å². The van der Waals surface area contributed by atoms with E-state index < -0.39 is 35.0 Å². The van der Waals surface area contributed by atoms with E-state index in [4.69, 9.17) is 0 Å². The number of amides is 2. The molecule has 0 aliphatic carbocycles. The van der Waals surface area contributed by atoms with Gasteiger partial charge in [0, 0.05) is 32.4 Å². The zero-order valence-corrected chi connectivity index (χ0v) is 12.7. The zero-order chi connectivity index (χ0) is 17.7. The predicted octanol–water partition coefficient (Wildman–Crippen LogP) is 2.28. The first-order chi connectivity index (χ1) is 11.4. The van der Waals surface area contributed by atoms with E-state index >= 15 is 0 Å². The summed E-state index contributed by atoms with van der Waals surface area (Å²) in [6, 6.07) is 4.85. The first kappa shape index (κ1) is 17.5. The van der Waals surface area contributed by atoms with Crippen LogP contribution >= 0.6 is 0 Å². The average molecular weight is 337 g/mol. The van der Waals surface area contributed by atoms with Crippen molar-refractivity contribution in [3.8, 4) is 0 Å². The van der Waals surface area contributed by atoms with Gasteiger partial charge in [-0.1, -0.05) is 0 Å². The van der Waals surface area contributed by atoms with Crippen LogP contribution in [0.2, 0.25) is 0 Å². The van der Waals surface area contributed by atoms with Crippen molar-refractivity contribution in [1.29, 1.82) is 0 Å². The third-order valence-corrected chi connectivity index (χ3v) is 3.23. The third-order valence-electron chi connectivity index (χ3n) is 3.23. The number of hydrogen-bond acceptors (Lipinski definition) is 3. The van der Waals surface area contributed by atoms with Gasteiger partial charge in [-0.05, 0) is 24.3 Å². The Morgan fingerprint density at radius 3 is 2.54 bits per heavy atom. The van der Waals surface area contributed by atoms with Crippen LogP contribution in [0.15, 0.2) is 36.7 Å². The molecule has 1 aromatic heterocycles. The summed E-state index contributed by atoms with van der Waals surface area (Å²) >= 11 is 0. The van der Waals surface area contributed by atoms with Crippen LogP contribution in [0.3, 0.4) is 0 Å². The Morgan fingerprint density at radius 1 is 1.17 bits per heavy atom. The zero-order valence-electron chi connectivity index (χ0n) is 12.7. The maximum Gasteiger partial charge on any atom is 0.252 e. The van der Waals surface area contributed by atoms with Gasteiger partial charge >= 0.3 is 0 Å². The lowest BCUT2D eigenvalue weighted by Crippen LogP contribution is -2.38. The number of carbonyl (C=O) groups excluding carboxylic acids is 2. The van der Waals surface area contributed by atoms with Crippen molar-refractivity contribution in [2.45, 2.75) is 6.92 Å². The summed E-state index contributed by atoms with van der Waals surface area (Å²) < 4.78 is 40.1. The molecule has 0 saturated carbocycles. The lowest BCUT2D eigenvalue weighted by molar-refractivity contribution is -0.116. The van der Waals surface area contributed by atoms with E-state index in [-0.39, 0.29) is 13.1 Å². The number of halogens is 3. The molecule has 1 N–H and O–H groups in total. The molecule has 126 valence electrons. The van der Waals surface area contributed by atoms with Crippen LogP contribution < -0.4 is 10.2 Å². The molecule has 0 aliphatic rings. The van der Waals surface area contributed by atoms with Gasteiger partial charge in [-0.3, -0.25) is 14.6 Å². The first-order valence-corrected chi connectivity index (χ1v) is 7.01. The van der Waals surface area contributed by atoms with Crippen LogP contribution in [0.5, 0.6) is 0 Å². The van der Waals surface area contributed by atoms with Crippen molar-refractivity contribution < 1.29 is 22.8 Å². The van der Waals surface area contributed by atoms with Crippen LogP contribution in [0.1, 0.15) is 17.3 Å². The molecule has 2 aromatic rings. The standard InChI is InChI=1S/C16H14F3N3O2/c1-10(23)22(13-5-4-12(17)14(18)15(13)19)8-7-21-16(24)11-3-2-6-20-9-11/h2-6,9H,7-8H2,1H3,(H,21,24). The highest BCUT2D eigenvalue weighted by Gasteiger charge is 2.21. The molecule has 0 saturated heterocycles. The molecule has 0 bridgehead atoms. The normalized spacial score (nSPS) is 10.3. The second-order valence-corrected chi connectivity index (χ2v) is 4.86. The van der Waals surface area contributed by atoms with Gasteiger partial charge in [-0.15, -0.1) is 0 Å². The number of nitrogens with one attached hydrogen (secondary N) is 1. The molecule has 0 fully saturated rings. The fourth-order valence-electron chi connectivity index (χ4n) is 2.05. The van der Waals surface area contributed by atoms with E-state index in [1.807, 2.05) is 0 Å². The van der Waals surface area contributed by atoms with Crippen LogP contribution in [-0.4, -0.2) is 29.9 Å². The number of benzene rings is 1. The summed E-state index contributed by atoms with van der Waals surface area (Å²) in [5, 5.41) is 2.54. The summed E-state index contributed by atoms with van der Waals surface area (Å²) in [5.74, 6) is -5.44. The summed E-state index contributed by atoms with van der Waals surface area (Å²) in [7, 11) is 0. The van der Waals surface area contributed by atoms with E-state index in [0.29, 0.717) is 5.56 Å².